The third-order valence-electron chi connectivity index (χ3n) is 1.49. The molecule has 0 bridgehead atoms. The first kappa shape index (κ1) is 13.1. The van der Waals surface area contributed by atoms with Gasteiger partial charge in [-0.25, -0.2) is 0 Å². The molecule has 0 aliphatic heterocycles. The topological polar surface area (TPSA) is 26.3 Å². The Kier molecular flexibility index (Phi) is 14.5. The van der Waals surface area contributed by atoms with E-state index in [1.165, 1.54) is 0 Å². The zero-order valence-corrected chi connectivity index (χ0v) is 8.09. The van der Waals surface area contributed by atoms with Gasteiger partial charge < -0.3 is 4.74 Å². The molecule has 0 aliphatic rings. The molecule has 0 aliphatic carbocycles. The molecule has 1 unspecified atom stereocenters. The van der Waals surface area contributed by atoms with Gasteiger partial charge in [0.1, 0.15) is 0 Å². The van der Waals surface area contributed by atoms with Gasteiger partial charge in [0.2, 0.25) is 0 Å². The van der Waals surface area contributed by atoms with Gasteiger partial charge in [-0.05, 0) is 12.3 Å². The maximum Gasteiger partial charge on any atom is 0.293 e. The molecular weight excluding hydrogens is 140 g/mol. The van der Waals surface area contributed by atoms with Gasteiger partial charge in [0.15, 0.2) is 0 Å². The fourth-order valence-corrected chi connectivity index (χ4v) is 0.521. The van der Waals surface area contributed by atoms with Crippen LogP contribution in [0.25, 0.3) is 0 Å². The van der Waals surface area contributed by atoms with Crippen LogP contribution < -0.4 is 0 Å². The summed E-state index contributed by atoms with van der Waals surface area (Å²) in [5.74, 6) is 0.671. The average Bonchev–Trinajstić information content (AvgIpc) is 2.08. The van der Waals surface area contributed by atoms with Crippen molar-refractivity contribution in [3.05, 3.63) is 0 Å². The molecular formula is C9H20O2. The van der Waals surface area contributed by atoms with E-state index in [0.717, 1.165) is 12.8 Å². The van der Waals surface area contributed by atoms with Crippen molar-refractivity contribution in [1.82, 2.24) is 0 Å². The van der Waals surface area contributed by atoms with Crippen LogP contribution in [0.3, 0.4) is 0 Å². The molecule has 0 saturated heterocycles. The van der Waals surface area contributed by atoms with E-state index < -0.39 is 0 Å². The second-order valence-corrected chi connectivity index (χ2v) is 2.27. The maximum absolute atomic E-state index is 9.65. The Morgan fingerprint density at radius 1 is 1.45 bits per heavy atom. The predicted molar refractivity (Wildman–Crippen MR) is 47.4 cm³/mol. The van der Waals surface area contributed by atoms with Gasteiger partial charge >= 0.3 is 0 Å². The van der Waals surface area contributed by atoms with Gasteiger partial charge in [0.05, 0.1) is 6.61 Å². The lowest BCUT2D eigenvalue weighted by Crippen LogP contribution is -1.99. The molecule has 0 heterocycles. The van der Waals surface area contributed by atoms with Gasteiger partial charge in [-0.15, -0.1) is 0 Å². The molecule has 0 aromatic carbocycles. The van der Waals surface area contributed by atoms with Crippen molar-refractivity contribution in [1.29, 1.82) is 0 Å². The summed E-state index contributed by atoms with van der Waals surface area (Å²) in [6.45, 7) is 9.35. The molecule has 1 atom stereocenters. The average molecular weight is 160 g/mol. The third kappa shape index (κ3) is 12.6. The maximum atomic E-state index is 9.65. The van der Waals surface area contributed by atoms with E-state index in [4.69, 9.17) is 0 Å². The van der Waals surface area contributed by atoms with Gasteiger partial charge in [-0.3, -0.25) is 4.79 Å². The highest BCUT2D eigenvalue weighted by molar-refractivity contribution is 5.36. The lowest BCUT2D eigenvalue weighted by atomic mass is 10.1. The quantitative estimate of drug-likeness (QED) is 0.456. The molecule has 0 radical (unpaired) electrons. The summed E-state index contributed by atoms with van der Waals surface area (Å²) >= 11 is 0. The number of hydrogen-bond donors (Lipinski definition) is 0. The Morgan fingerprint density at radius 3 is 2.36 bits per heavy atom. The molecule has 0 amide bonds. The second kappa shape index (κ2) is 12.2. The fraction of sp³-hybridized carbons (Fsp3) is 0.889. The van der Waals surface area contributed by atoms with Crippen LogP contribution in [0.1, 0.15) is 40.5 Å². The van der Waals surface area contributed by atoms with E-state index >= 15 is 0 Å². The first-order valence-electron chi connectivity index (χ1n) is 4.36. The van der Waals surface area contributed by atoms with Gasteiger partial charge in [-0.2, -0.15) is 0 Å². The Morgan fingerprint density at radius 2 is 2.00 bits per heavy atom. The molecule has 0 N–H and O–H groups in total. The van der Waals surface area contributed by atoms with Crippen LogP contribution in [0.5, 0.6) is 0 Å². The molecule has 0 aromatic rings. The summed E-state index contributed by atoms with van der Waals surface area (Å²) in [7, 11) is 0. The largest absolute Gasteiger partial charge is 0.468 e. The molecule has 68 valence electrons. The minimum atomic E-state index is 0.502. The van der Waals surface area contributed by atoms with E-state index in [0.29, 0.717) is 19.0 Å². The van der Waals surface area contributed by atoms with Gasteiger partial charge in [-0.1, -0.05) is 34.1 Å². The highest BCUT2D eigenvalue weighted by atomic mass is 16.5. The van der Waals surface area contributed by atoms with Crippen LogP contribution in [0.15, 0.2) is 0 Å². The normalized spacial score (nSPS) is 10.9. The molecule has 0 rings (SSSR count). The lowest BCUT2D eigenvalue weighted by Gasteiger charge is -2.04. The first-order valence-corrected chi connectivity index (χ1v) is 4.36. The van der Waals surface area contributed by atoms with E-state index in [-0.39, 0.29) is 0 Å². The van der Waals surface area contributed by atoms with Crippen molar-refractivity contribution in [3.8, 4) is 0 Å². The Labute approximate surface area is 69.9 Å². The van der Waals surface area contributed by atoms with Crippen LogP contribution in [-0.2, 0) is 9.53 Å². The minimum absolute atomic E-state index is 0.502. The van der Waals surface area contributed by atoms with E-state index in [1.807, 2.05) is 13.8 Å². The van der Waals surface area contributed by atoms with Crippen molar-refractivity contribution >= 4 is 6.47 Å². The highest BCUT2D eigenvalue weighted by Crippen LogP contribution is 2.04. The second-order valence-electron chi connectivity index (χ2n) is 2.27. The molecule has 0 spiro atoms. The molecule has 2 nitrogen and oxygen atoms in total. The smallest absolute Gasteiger partial charge is 0.293 e. The summed E-state index contributed by atoms with van der Waals surface area (Å²) in [4.78, 5) is 9.65. The van der Waals surface area contributed by atoms with E-state index in [1.54, 1.807) is 0 Å². The third-order valence-corrected chi connectivity index (χ3v) is 1.49. The lowest BCUT2D eigenvalue weighted by molar-refractivity contribution is -0.129. The molecule has 0 saturated carbocycles. The Bertz CT molecular complexity index is 72.0. The standard InChI is InChI=1S/C7H14O2.C2H6/c1-3-7(2)4-5-9-6-8;1-2/h6-7H,3-5H2,1-2H3;1-2H3. The van der Waals surface area contributed by atoms with Crippen molar-refractivity contribution in [2.45, 2.75) is 40.5 Å². The van der Waals surface area contributed by atoms with Crippen molar-refractivity contribution in [2.24, 2.45) is 5.92 Å². The monoisotopic (exact) mass is 160 g/mol. The minimum Gasteiger partial charge on any atom is -0.468 e. The molecule has 2 heteroatoms. The number of rotatable bonds is 5. The summed E-state index contributed by atoms with van der Waals surface area (Å²) in [5.41, 5.74) is 0. The Balaban J connectivity index is 0. The summed E-state index contributed by atoms with van der Waals surface area (Å²) < 4.78 is 4.53. The van der Waals surface area contributed by atoms with Gasteiger partial charge in [0.25, 0.3) is 6.47 Å². The van der Waals surface area contributed by atoms with Crippen molar-refractivity contribution < 1.29 is 9.53 Å². The zero-order chi connectivity index (χ0) is 9.11. The van der Waals surface area contributed by atoms with Crippen molar-refractivity contribution in [3.63, 3.8) is 0 Å². The summed E-state index contributed by atoms with van der Waals surface area (Å²) in [6, 6.07) is 0. The summed E-state index contributed by atoms with van der Waals surface area (Å²) in [5, 5.41) is 0. The molecule has 0 aromatic heterocycles. The van der Waals surface area contributed by atoms with Crippen LogP contribution in [-0.4, -0.2) is 13.1 Å². The molecule has 11 heavy (non-hydrogen) atoms. The van der Waals surface area contributed by atoms with Crippen LogP contribution in [0.4, 0.5) is 0 Å². The van der Waals surface area contributed by atoms with E-state index in [2.05, 4.69) is 18.6 Å². The van der Waals surface area contributed by atoms with Gasteiger partial charge in [0, 0.05) is 0 Å². The predicted octanol–water partition coefficient (Wildman–Crippen LogP) is 2.62. The number of carbonyl (C=O) groups excluding carboxylic acids is 1. The van der Waals surface area contributed by atoms with Crippen LogP contribution in [0, 0.1) is 5.92 Å². The SMILES string of the molecule is CC.CCC(C)CCOC=O. The van der Waals surface area contributed by atoms with Crippen LogP contribution in [0.2, 0.25) is 0 Å². The Hall–Kier alpha value is -0.530. The molecule has 0 fully saturated rings. The van der Waals surface area contributed by atoms with E-state index in [9.17, 15) is 4.79 Å². The van der Waals surface area contributed by atoms with Crippen molar-refractivity contribution in [2.75, 3.05) is 6.61 Å². The number of hydrogen-bond acceptors (Lipinski definition) is 2. The fourth-order valence-electron chi connectivity index (χ4n) is 0.521. The first-order chi connectivity index (χ1) is 5.31. The number of carbonyl (C=O) groups is 1. The summed E-state index contributed by atoms with van der Waals surface area (Å²) in [6.07, 6.45) is 2.14. The number of ether oxygens (including phenoxy) is 1. The van der Waals surface area contributed by atoms with Crippen LogP contribution >= 0.6 is 0 Å². The highest BCUT2D eigenvalue weighted by Gasteiger charge is 1.96. The zero-order valence-electron chi connectivity index (χ0n) is 8.09.